The van der Waals surface area contributed by atoms with Gasteiger partial charge in [0.15, 0.2) is 10.9 Å². The molecule has 6 nitrogen and oxygen atoms in total. The first-order valence-electron chi connectivity index (χ1n) is 6.76. The van der Waals surface area contributed by atoms with E-state index in [0.717, 1.165) is 5.69 Å². The Hall–Kier alpha value is -2.09. The van der Waals surface area contributed by atoms with E-state index in [9.17, 15) is 5.11 Å². The Balaban J connectivity index is 2.00. The van der Waals surface area contributed by atoms with Crippen molar-refractivity contribution < 1.29 is 14.6 Å². The number of hydrogen-bond donors (Lipinski definition) is 2. The van der Waals surface area contributed by atoms with E-state index in [0.29, 0.717) is 22.5 Å². The van der Waals surface area contributed by atoms with Gasteiger partial charge in [-0.15, -0.1) is 10.2 Å². The monoisotopic (exact) mass is 317 g/mol. The largest absolute Gasteiger partial charge is 0.461 e. The number of furan rings is 1. The topological polar surface area (TPSA) is 84.3 Å². The fourth-order valence-corrected chi connectivity index (χ4v) is 2.83. The summed E-state index contributed by atoms with van der Waals surface area (Å²) in [6.07, 6.45) is 0.791. The molecule has 0 aliphatic rings. The molecule has 22 heavy (non-hydrogen) atoms. The average Bonchev–Trinajstić information content (AvgIpc) is 3.22. The van der Waals surface area contributed by atoms with E-state index < -0.39 is 6.10 Å². The molecule has 0 bridgehead atoms. The van der Waals surface area contributed by atoms with Crippen LogP contribution in [0.5, 0.6) is 0 Å². The van der Waals surface area contributed by atoms with Gasteiger partial charge in [0, 0.05) is 11.4 Å². The molecule has 0 fully saturated rings. The van der Waals surface area contributed by atoms with Crippen molar-refractivity contribution in [3.63, 3.8) is 0 Å². The SMILES string of the molecule is OCC(O)CSc1nnc(-c2ccco2)n1-c1ccccc1. The minimum absolute atomic E-state index is 0.280. The van der Waals surface area contributed by atoms with Crippen molar-refractivity contribution in [2.45, 2.75) is 11.3 Å². The molecule has 0 radical (unpaired) electrons. The first-order valence-corrected chi connectivity index (χ1v) is 7.74. The van der Waals surface area contributed by atoms with Gasteiger partial charge in [0.25, 0.3) is 0 Å². The predicted molar refractivity (Wildman–Crippen MR) is 82.9 cm³/mol. The number of benzene rings is 1. The predicted octanol–water partition coefficient (Wildman–Crippen LogP) is 1.97. The number of nitrogens with zero attached hydrogens (tertiary/aromatic N) is 3. The van der Waals surface area contributed by atoms with Crippen LogP contribution in [-0.4, -0.2) is 43.4 Å². The standard InChI is InChI=1S/C15H15N3O3S/c19-9-12(20)10-22-15-17-16-14(13-7-4-8-21-13)18(15)11-5-2-1-3-6-11/h1-8,12,19-20H,9-10H2. The van der Waals surface area contributed by atoms with Gasteiger partial charge in [-0.3, -0.25) is 4.57 Å². The molecule has 0 aliphatic heterocycles. The van der Waals surface area contributed by atoms with E-state index in [2.05, 4.69) is 10.2 Å². The third kappa shape index (κ3) is 3.06. The lowest BCUT2D eigenvalue weighted by Crippen LogP contribution is -2.15. The van der Waals surface area contributed by atoms with Crippen molar-refractivity contribution in [2.24, 2.45) is 0 Å². The van der Waals surface area contributed by atoms with Crippen molar-refractivity contribution >= 4 is 11.8 Å². The molecule has 3 aromatic rings. The zero-order valence-corrected chi connectivity index (χ0v) is 12.5. The summed E-state index contributed by atoms with van der Waals surface area (Å²) in [5, 5.41) is 27.5. The van der Waals surface area contributed by atoms with Crippen LogP contribution in [0.4, 0.5) is 0 Å². The molecule has 0 saturated heterocycles. The summed E-state index contributed by atoms with van der Waals surface area (Å²) in [7, 11) is 0. The summed E-state index contributed by atoms with van der Waals surface area (Å²) in [6, 6.07) is 13.3. The zero-order chi connectivity index (χ0) is 15.4. The molecule has 1 aromatic carbocycles. The number of hydrogen-bond acceptors (Lipinski definition) is 6. The Bertz CT molecular complexity index is 713. The van der Waals surface area contributed by atoms with Gasteiger partial charge in [-0.2, -0.15) is 0 Å². The Labute approximate surface area is 131 Å². The Morgan fingerprint density at radius 2 is 1.95 bits per heavy atom. The highest BCUT2D eigenvalue weighted by Gasteiger charge is 2.18. The first-order chi connectivity index (χ1) is 10.8. The van der Waals surface area contributed by atoms with Crippen LogP contribution >= 0.6 is 11.8 Å². The summed E-state index contributed by atoms with van der Waals surface area (Å²) < 4.78 is 7.29. The maximum absolute atomic E-state index is 9.52. The summed E-state index contributed by atoms with van der Waals surface area (Å²) in [5.41, 5.74) is 0.903. The van der Waals surface area contributed by atoms with Crippen molar-refractivity contribution in [1.29, 1.82) is 0 Å². The van der Waals surface area contributed by atoms with Crippen LogP contribution in [0, 0.1) is 0 Å². The minimum atomic E-state index is -0.794. The molecule has 0 saturated carbocycles. The van der Waals surface area contributed by atoms with Gasteiger partial charge in [0.1, 0.15) is 0 Å². The van der Waals surface area contributed by atoms with Gasteiger partial charge in [-0.1, -0.05) is 30.0 Å². The molecule has 2 heterocycles. The summed E-state index contributed by atoms with van der Waals surface area (Å²) in [5.74, 6) is 1.54. The molecule has 0 aliphatic carbocycles. The molecule has 1 unspecified atom stereocenters. The summed E-state index contributed by atoms with van der Waals surface area (Å²) in [4.78, 5) is 0. The molecule has 3 rings (SSSR count). The smallest absolute Gasteiger partial charge is 0.205 e. The number of rotatable bonds is 6. The van der Waals surface area contributed by atoms with Gasteiger partial charge in [-0.25, -0.2) is 0 Å². The third-order valence-corrected chi connectivity index (χ3v) is 4.08. The van der Waals surface area contributed by atoms with Gasteiger partial charge >= 0.3 is 0 Å². The van der Waals surface area contributed by atoms with Crippen LogP contribution in [-0.2, 0) is 0 Å². The Morgan fingerprint density at radius 3 is 2.64 bits per heavy atom. The zero-order valence-electron chi connectivity index (χ0n) is 11.7. The molecular formula is C15H15N3O3S. The lowest BCUT2D eigenvalue weighted by atomic mass is 10.3. The van der Waals surface area contributed by atoms with E-state index in [1.165, 1.54) is 11.8 Å². The number of thioether (sulfide) groups is 1. The highest BCUT2D eigenvalue weighted by Crippen LogP contribution is 2.28. The van der Waals surface area contributed by atoms with Gasteiger partial charge in [0.2, 0.25) is 5.82 Å². The van der Waals surface area contributed by atoms with Crippen molar-refractivity contribution in [1.82, 2.24) is 14.8 Å². The highest BCUT2D eigenvalue weighted by molar-refractivity contribution is 7.99. The van der Waals surface area contributed by atoms with E-state index in [1.807, 2.05) is 41.0 Å². The lowest BCUT2D eigenvalue weighted by Gasteiger charge is -2.10. The molecule has 7 heteroatoms. The normalized spacial score (nSPS) is 12.5. The van der Waals surface area contributed by atoms with Crippen molar-refractivity contribution in [3.05, 3.63) is 48.7 Å². The maximum atomic E-state index is 9.52. The molecule has 2 N–H and O–H groups in total. The van der Waals surface area contributed by atoms with E-state index in [-0.39, 0.29) is 6.61 Å². The van der Waals surface area contributed by atoms with Crippen LogP contribution in [0.1, 0.15) is 0 Å². The molecular weight excluding hydrogens is 302 g/mol. The number of para-hydroxylation sites is 1. The lowest BCUT2D eigenvalue weighted by molar-refractivity contribution is 0.113. The molecule has 0 spiro atoms. The Morgan fingerprint density at radius 1 is 1.14 bits per heavy atom. The second kappa shape index (κ2) is 6.78. The molecule has 1 atom stereocenters. The second-order valence-corrected chi connectivity index (χ2v) is 5.59. The number of aliphatic hydroxyl groups is 2. The van der Waals surface area contributed by atoms with Gasteiger partial charge in [-0.05, 0) is 24.3 Å². The summed E-state index contributed by atoms with van der Waals surface area (Å²) in [6.45, 7) is -0.280. The maximum Gasteiger partial charge on any atom is 0.205 e. The van der Waals surface area contributed by atoms with Crippen molar-refractivity contribution in [3.8, 4) is 17.3 Å². The fourth-order valence-electron chi connectivity index (χ4n) is 1.96. The number of aliphatic hydroxyl groups excluding tert-OH is 2. The van der Waals surface area contributed by atoms with Crippen LogP contribution in [0.3, 0.4) is 0 Å². The van der Waals surface area contributed by atoms with Gasteiger partial charge in [0.05, 0.1) is 19.0 Å². The van der Waals surface area contributed by atoms with Crippen LogP contribution < -0.4 is 0 Å². The van der Waals surface area contributed by atoms with Crippen LogP contribution in [0.15, 0.2) is 58.3 Å². The Kier molecular flexibility index (Phi) is 4.57. The quantitative estimate of drug-likeness (QED) is 0.676. The van der Waals surface area contributed by atoms with E-state index in [4.69, 9.17) is 9.52 Å². The third-order valence-electron chi connectivity index (χ3n) is 3.00. The van der Waals surface area contributed by atoms with E-state index in [1.54, 1.807) is 12.3 Å². The minimum Gasteiger partial charge on any atom is -0.461 e. The molecule has 114 valence electrons. The van der Waals surface area contributed by atoms with E-state index >= 15 is 0 Å². The van der Waals surface area contributed by atoms with Crippen LogP contribution in [0.25, 0.3) is 17.3 Å². The van der Waals surface area contributed by atoms with Crippen molar-refractivity contribution in [2.75, 3.05) is 12.4 Å². The fraction of sp³-hybridized carbons (Fsp3) is 0.200. The van der Waals surface area contributed by atoms with Crippen LogP contribution in [0.2, 0.25) is 0 Å². The molecule has 0 amide bonds. The number of aromatic nitrogens is 3. The summed E-state index contributed by atoms with van der Waals surface area (Å²) >= 11 is 1.33. The highest BCUT2D eigenvalue weighted by atomic mass is 32.2. The second-order valence-electron chi connectivity index (χ2n) is 4.60. The van der Waals surface area contributed by atoms with Gasteiger partial charge < -0.3 is 14.6 Å². The molecule has 2 aromatic heterocycles. The average molecular weight is 317 g/mol. The first kappa shape index (κ1) is 14.8.